The van der Waals surface area contributed by atoms with E-state index >= 15 is 0 Å². The Labute approximate surface area is 152 Å². The molecule has 2 unspecified atom stereocenters. The van der Waals surface area contributed by atoms with E-state index in [9.17, 15) is 0 Å². The lowest BCUT2D eigenvalue weighted by Crippen LogP contribution is -2.22. The van der Waals surface area contributed by atoms with Crippen LogP contribution in [0.4, 0.5) is 5.69 Å². The number of nitrogen functional groups attached to an aromatic ring is 1. The van der Waals surface area contributed by atoms with E-state index in [1.54, 1.807) is 19.2 Å². The van der Waals surface area contributed by atoms with Crippen molar-refractivity contribution in [1.29, 1.82) is 0 Å². The molecule has 0 radical (unpaired) electrons. The molecule has 6 nitrogen and oxygen atoms in total. The summed E-state index contributed by atoms with van der Waals surface area (Å²) in [6.45, 7) is 2.49. The van der Waals surface area contributed by atoms with Crippen molar-refractivity contribution in [3.63, 3.8) is 0 Å². The van der Waals surface area contributed by atoms with Crippen molar-refractivity contribution in [3.8, 4) is 17.2 Å². The molecule has 2 atom stereocenters. The highest BCUT2D eigenvalue weighted by Gasteiger charge is 2.34. The van der Waals surface area contributed by atoms with Crippen molar-refractivity contribution in [2.75, 3.05) is 25.9 Å². The second-order valence-electron chi connectivity index (χ2n) is 7.02. The third-order valence-corrected chi connectivity index (χ3v) is 5.72. The van der Waals surface area contributed by atoms with E-state index < -0.39 is 0 Å². The summed E-state index contributed by atoms with van der Waals surface area (Å²) in [5.74, 6) is 2.47. The zero-order chi connectivity index (χ0) is 17.4. The van der Waals surface area contributed by atoms with Crippen LogP contribution in [0, 0.1) is 5.92 Å². The van der Waals surface area contributed by atoms with Crippen LogP contribution >= 0.6 is 11.6 Å². The molecule has 2 fully saturated rings. The molecule has 0 aliphatic carbocycles. The van der Waals surface area contributed by atoms with Crippen LogP contribution < -0.4 is 10.5 Å². The maximum atomic E-state index is 6.12. The average molecular weight is 363 g/mol. The van der Waals surface area contributed by atoms with Gasteiger partial charge in [0, 0.05) is 25.1 Å². The molecule has 0 spiro atoms. The van der Waals surface area contributed by atoms with Crippen LogP contribution in [0.5, 0.6) is 5.75 Å². The molecule has 2 saturated heterocycles. The Hall–Kier alpha value is -1.79. The van der Waals surface area contributed by atoms with Gasteiger partial charge in [0.05, 0.1) is 23.4 Å². The summed E-state index contributed by atoms with van der Waals surface area (Å²) in [5, 5.41) is 4.57. The normalized spacial score (nSPS) is 23.1. The predicted octanol–water partition coefficient (Wildman–Crippen LogP) is 3.40. The van der Waals surface area contributed by atoms with Gasteiger partial charge in [-0.25, -0.2) is 0 Å². The van der Waals surface area contributed by atoms with Crippen LogP contribution in [0.2, 0.25) is 5.02 Å². The smallest absolute Gasteiger partial charge is 0.261 e. The fraction of sp³-hybridized carbons (Fsp3) is 0.556. The van der Waals surface area contributed by atoms with Crippen molar-refractivity contribution in [2.24, 2.45) is 5.92 Å². The van der Waals surface area contributed by atoms with E-state index in [-0.39, 0.29) is 0 Å². The van der Waals surface area contributed by atoms with Gasteiger partial charge in [0.1, 0.15) is 5.75 Å². The van der Waals surface area contributed by atoms with Gasteiger partial charge in [-0.15, -0.1) is 0 Å². The van der Waals surface area contributed by atoms with Crippen LogP contribution in [0.25, 0.3) is 11.5 Å². The Bertz CT molecular complexity index is 752. The lowest BCUT2D eigenvalue weighted by molar-refractivity contribution is 0.315. The van der Waals surface area contributed by atoms with Gasteiger partial charge in [-0.1, -0.05) is 16.8 Å². The van der Waals surface area contributed by atoms with Gasteiger partial charge >= 0.3 is 0 Å². The number of ether oxygens (including phenoxy) is 1. The van der Waals surface area contributed by atoms with Gasteiger partial charge in [0.2, 0.25) is 0 Å². The Morgan fingerprint density at radius 1 is 1.44 bits per heavy atom. The maximum Gasteiger partial charge on any atom is 0.261 e. The van der Waals surface area contributed by atoms with Crippen LogP contribution in [-0.4, -0.2) is 41.3 Å². The minimum absolute atomic E-state index is 0.417. The van der Waals surface area contributed by atoms with E-state index in [2.05, 4.69) is 15.0 Å². The lowest BCUT2D eigenvalue weighted by Gasteiger charge is -2.12. The first-order valence-corrected chi connectivity index (χ1v) is 9.22. The molecular formula is C18H23ClN4O2. The first-order valence-electron chi connectivity index (χ1n) is 8.84. The average Bonchev–Trinajstić information content (AvgIpc) is 3.30. The number of hydrogen-bond acceptors (Lipinski definition) is 6. The number of hydrogen-bond donors (Lipinski definition) is 1. The van der Waals surface area contributed by atoms with Crippen molar-refractivity contribution in [2.45, 2.75) is 38.1 Å². The van der Waals surface area contributed by atoms with E-state index in [1.807, 2.05) is 0 Å². The van der Waals surface area contributed by atoms with E-state index in [0.29, 0.717) is 27.9 Å². The summed E-state index contributed by atoms with van der Waals surface area (Å²) < 4.78 is 10.8. The topological polar surface area (TPSA) is 77.4 Å². The number of aryl methyl sites for hydroxylation is 1. The van der Waals surface area contributed by atoms with Crippen LogP contribution in [-0.2, 0) is 6.42 Å². The predicted molar refractivity (Wildman–Crippen MR) is 96.7 cm³/mol. The van der Waals surface area contributed by atoms with Crippen molar-refractivity contribution >= 4 is 17.3 Å². The largest absolute Gasteiger partial charge is 0.496 e. The second-order valence-corrected chi connectivity index (χ2v) is 7.43. The minimum atomic E-state index is 0.417. The molecule has 0 bridgehead atoms. The summed E-state index contributed by atoms with van der Waals surface area (Å²) >= 11 is 6.12. The summed E-state index contributed by atoms with van der Waals surface area (Å²) in [5.41, 5.74) is 6.95. The van der Waals surface area contributed by atoms with Crippen LogP contribution in [0.15, 0.2) is 16.7 Å². The molecule has 1 aromatic heterocycles. The Morgan fingerprint density at radius 3 is 3.12 bits per heavy atom. The van der Waals surface area contributed by atoms with Crippen molar-refractivity contribution in [1.82, 2.24) is 15.0 Å². The first-order chi connectivity index (χ1) is 12.1. The summed E-state index contributed by atoms with van der Waals surface area (Å²) in [7, 11) is 1.58. The number of fused-ring (bicyclic) bond motifs is 1. The second kappa shape index (κ2) is 6.84. The van der Waals surface area contributed by atoms with E-state index in [1.165, 1.54) is 32.4 Å². The Kier molecular flexibility index (Phi) is 4.56. The maximum absolute atomic E-state index is 6.12. The summed E-state index contributed by atoms with van der Waals surface area (Å²) in [6.07, 6.45) is 5.97. The highest BCUT2D eigenvalue weighted by atomic mass is 35.5. The third-order valence-electron chi connectivity index (χ3n) is 5.39. The lowest BCUT2D eigenvalue weighted by atomic mass is 9.98. The van der Waals surface area contributed by atoms with Crippen molar-refractivity contribution < 1.29 is 9.26 Å². The van der Waals surface area contributed by atoms with Crippen LogP contribution in [0.3, 0.4) is 0 Å². The number of aromatic nitrogens is 2. The molecule has 0 saturated carbocycles. The standard InChI is InChI=1S/C18H23ClN4O2/c1-24-16-9-15(20)14(19)8-13(16)18-21-17(22-25-18)5-4-11-7-12-3-2-6-23(12)10-11/h8-9,11-12H,2-7,10,20H2,1H3. The number of rotatable bonds is 5. The molecule has 7 heteroatoms. The molecule has 25 heavy (non-hydrogen) atoms. The Morgan fingerprint density at radius 2 is 2.32 bits per heavy atom. The first kappa shape index (κ1) is 16.7. The van der Waals surface area contributed by atoms with Gasteiger partial charge in [0.25, 0.3) is 5.89 Å². The number of anilines is 1. The van der Waals surface area contributed by atoms with E-state index in [0.717, 1.165) is 30.6 Å². The fourth-order valence-electron chi connectivity index (χ4n) is 4.11. The molecule has 2 aromatic rings. The third kappa shape index (κ3) is 3.33. The summed E-state index contributed by atoms with van der Waals surface area (Å²) in [4.78, 5) is 7.15. The zero-order valence-corrected chi connectivity index (χ0v) is 15.1. The minimum Gasteiger partial charge on any atom is -0.496 e. The van der Waals surface area contributed by atoms with Crippen LogP contribution in [0.1, 0.15) is 31.5 Å². The van der Waals surface area contributed by atoms with Gasteiger partial charge in [-0.05, 0) is 44.2 Å². The Balaban J connectivity index is 1.43. The molecule has 2 N–H and O–H groups in total. The fourth-order valence-corrected chi connectivity index (χ4v) is 4.27. The molecule has 2 aliphatic heterocycles. The number of nitrogens with two attached hydrogens (primary N) is 1. The highest BCUT2D eigenvalue weighted by Crippen LogP contribution is 2.36. The van der Waals surface area contributed by atoms with Gasteiger partial charge < -0.3 is 19.9 Å². The number of methoxy groups -OCH3 is 1. The highest BCUT2D eigenvalue weighted by molar-refractivity contribution is 6.33. The van der Waals surface area contributed by atoms with Gasteiger partial charge in [-0.3, -0.25) is 0 Å². The SMILES string of the molecule is COc1cc(N)c(Cl)cc1-c1nc(CCC2CC3CCCN3C2)no1. The number of benzene rings is 1. The number of halogens is 1. The van der Waals surface area contributed by atoms with E-state index in [4.69, 9.17) is 26.6 Å². The molecule has 2 aliphatic rings. The molecule has 3 heterocycles. The number of nitrogens with zero attached hydrogens (tertiary/aromatic N) is 3. The molecule has 1 aromatic carbocycles. The quantitative estimate of drug-likeness (QED) is 0.821. The zero-order valence-electron chi connectivity index (χ0n) is 14.4. The molecule has 4 rings (SSSR count). The molecular weight excluding hydrogens is 340 g/mol. The molecule has 134 valence electrons. The monoisotopic (exact) mass is 362 g/mol. The van der Waals surface area contributed by atoms with Crippen molar-refractivity contribution in [3.05, 3.63) is 23.0 Å². The van der Waals surface area contributed by atoms with Gasteiger partial charge in [-0.2, -0.15) is 4.98 Å². The summed E-state index contributed by atoms with van der Waals surface area (Å²) in [6, 6.07) is 4.19. The molecule has 0 amide bonds. The van der Waals surface area contributed by atoms with Gasteiger partial charge in [0.15, 0.2) is 5.82 Å².